The third-order valence-corrected chi connectivity index (χ3v) is 6.54. The van der Waals surface area contributed by atoms with E-state index in [1.807, 2.05) is 13.8 Å². The zero-order valence-corrected chi connectivity index (χ0v) is 15.3. The highest BCUT2D eigenvalue weighted by molar-refractivity contribution is 7.89. The summed E-state index contributed by atoms with van der Waals surface area (Å²) in [5, 5.41) is 10.1. The van der Waals surface area contributed by atoms with Gasteiger partial charge in [0, 0.05) is 25.2 Å². The molecule has 1 amide bonds. The van der Waals surface area contributed by atoms with Crippen LogP contribution in [0.1, 0.15) is 24.3 Å². The monoisotopic (exact) mass is 383 g/mol. The zero-order chi connectivity index (χ0) is 18.2. The fourth-order valence-electron chi connectivity index (χ4n) is 3.10. The van der Waals surface area contributed by atoms with E-state index in [0.717, 1.165) is 0 Å². The molecule has 3 rings (SSSR count). The van der Waals surface area contributed by atoms with Gasteiger partial charge in [-0.25, -0.2) is 8.42 Å². The van der Waals surface area contributed by atoms with Gasteiger partial charge in [-0.2, -0.15) is 19.7 Å². The van der Waals surface area contributed by atoms with Crippen molar-refractivity contribution in [1.29, 1.82) is 0 Å². The van der Waals surface area contributed by atoms with Gasteiger partial charge in [0.1, 0.15) is 4.90 Å². The van der Waals surface area contributed by atoms with Crippen LogP contribution in [0.2, 0.25) is 5.02 Å². The summed E-state index contributed by atoms with van der Waals surface area (Å²) in [5.41, 5.74) is 0.209. The second-order valence-corrected chi connectivity index (χ2v) is 8.33. The fourth-order valence-corrected chi connectivity index (χ4v) is 5.20. The molecule has 1 aliphatic heterocycles. The number of nitrogens with one attached hydrogen (secondary N) is 1. The first-order chi connectivity index (χ1) is 11.8. The van der Waals surface area contributed by atoms with Gasteiger partial charge >= 0.3 is 0 Å². The fraction of sp³-hybridized carbons (Fsp3) is 0.400. The Morgan fingerprint density at radius 2 is 1.88 bits per heavy atom. The molecule has 2 heterocycles. The van der Waals surface area contributed by atoms with Gasteiger partial charge in [-0.1, -0.05) is 23.7 Å². The van der Waals surface area contributed by atoms with E-state index < -0.39 is 10.0 Å². The minimum atomic E-state index is -3.73. The van der Waals surface area contributed by atoms with Crippen LogP contribution in [0, 0.1) is 0 Å². The maximum absolute atomic E-state index is 12.9. The number of carbonyl (C=O) groups is 1. The lowest BCUT2D eigenvalue weighted by Gasteiger charge is -2.43. The van der Waals surface area contributed by atoms with Gasteiger partial charge in [0.05, 0.1) is 11.2 Å². The molecule has 1 aromatic carbocycles. The SMILES string of the molecule is C[C@@H]1CN(S(=O)(=O)c2ccccc2Cl)C[C@H](C)N1C(=O)c1cn[nH]n1. The Bertz CT molecular complexity index is 859. The Hall–Kier alpha value is -1.97. The number of sulfonamides is 1. The maximum atomic E-state index is 12.9. The van der Waals surface area contributed by atoms with Crippen molar-refractivity contribution in [3.05, 3.63) is 41.2 Å². The molecule has 2 atom stereocenters. The number of aromatic amines is 1. The number of piperazine rings is 1. The van der Waals surface area contributed by atoms with Crippen molar-refractivity contribution < 1.29 is 13.2 Å². The van der Waals surface area contributed by atoms with Crippen LogP contribution in [0.5, 0.6) is 0 Å². The van der Waals surface area contributed by atoms with Crippen LogP contribution < -0.4 is 0 Å². The largest absolute Gasteiger partial charge is 0.329 e. The quantitative estimate of drug-likeness (QED) is 0.863. The molecule has 1 aromatic heterocycles. The molecule has 134 valence electrons. The molecule has 8 nitrogen and oxygen atoms in total. The molecule has 0 aliphatic carbocycles. The van der Waals surface area contributed by atoms with E-state index in [0.29, 0.717) is 0 Å². The molecule has 0 spiro atoms. The number of benzene rings is 1. The van der Waals surface area contributed by atoms with E-state index >= 15 is 0 Å². The molecule has 1 saturated heterocycles. The second kappa shape index (κ2) is 6.74. The highest BCUT2D eigenvalue weighted by Crippen LogP contribution is 2.28. The first-order valence-electron chi connectivity index (χ1n) is 7.75. The van der Waals surface area contributed by atoms with Crippen molar-refractivity contribution in [3.63, 3.8) is 0 Å². The van der Waals surface area contributed by atoms with Crippen molar-refractivity contribution in [3.8, 4) is 0 Å². The van der Waals surface area contributed by atoms with E-state index in [4.69, 9.17) is 11.6 Å². The predicted octanol–water partition coefficient (Wildman–Crippen LogP) is 1.38. The Balaban J connectivity index is 1.85. The van der Waals surface area contributed by atoms with Crippen LogP contribution in [0.3, 0.4) is 0 Å². The zero-order valence-electron chi connectivity index (χ0n) is 13.8. The van der Waals surface area contributed by atoms with Gasteiger partial charge in [-0.15, -0.1) is 0 Å². The summed E-state index contributed by atoms with van der Waals surface area (Å²) in [4.78, 5) is 14.3. The molecule has 0 saturated carbocycles. The number of hydrogen-bond acceptors (Lipinski definition) is 5. The highest BCUT2D eigenvalue weighted by atomic mass is 35.5. The topological polar surface area (TPSA) is 99.3 Å². The van der Waals surface area contributed by atoms with E-state index in [9.17, 15) is 13.2 Å². The van der Waals surface area contributed by atoms with E-state index in [2.05, 4.69) is 15.4 Å². The van der Waals surface area contributed by atoms with Crippen LogP contribution in [0.25, 0.3) is 0 Å². The lowest BCUT2D eigenvalue weighted by molar-refractivity contribution is 0.0434. The van der Waals surface area contributed by atoms with Crippen molar-refractivity contribution in [2.75, 3.05) is 13.1 Å². The van der Waals surface area contributed by atoms with Gasteiger partial charge in [0.15, 0.2) is 5.69 Å². The summed E-state index contributed by atoms with van der Waals surface area (Å²) in [5.74, 6) is -0.274. The normalized spacial score (nSPS) is 22.1. The number of rotatable bonds is 3. The van der Waals surface area contributed by atoms with Gasteiger partial charge < -0.3 is 4.90 Å². The molecule has 1 N–H and O–H groups in total. The summed E-state index contributed by atoms with van der Waals surface area (Å²) in [6.45, 7) is 3.98. The number of hydrogen-bond donors (Lipinski definition) is 1. The number of nitrogens with zero attached hydrogens (tertiary/aromatic N) is 4. The van der Waals surface area contributed by atoms with Gasteiger partial charge in [-0.3, -0.25) is 4.79 Å². The summed E-state index contributed by atoms with van der Waals surface area (Å²) in [6, 6.07) is 5.72. The number of H-pyrrole nitrogens is 1. The summed E-state index contributed by atoms with van der Waals surface area (Å²) >= 11 is 6.06. The molecule has 1 aliphatic rings. The number of halogens is 1. The third-order valence-electron chi connectivity index (χ3n) is 4.21. The minimum absolute atomic E-state index is 0.0762. The molecule has 2 aromatic rings. The van der Waals surface area contributed by atoms with E-state index in [-0.39, 0.29) is 46.7 Å². The summed E-state index contributed by atoms with van der Waals surface area (Å²) < 4.78 is 27.2. The molecule has 0 bridgehead atoms. The van der Waals surface area contributed by atoms with Crippen molar-refractivity contribution in [2.45, 2.75) is 30.8 Å². The first kappa shape index (κ1) is 17.8. The van der Waals surface area contributed by atoms with Crippen LogP contribution >= 0.6 is 11.6 Å². The molecule has 25 heavy (non-hydrogen) atoms. The molecular weight excluding hydrogens is 366 g/mol. The minimum Gasteiger partial charge on any atom is -0.329 e. The van der Waals surface area contributed by atoms with Gasteiger partial charge in [0.25, 0.3) is 5.91 Å². The standard InChI is InChI=1S/C15H18ClN5O3S/c1-10-8-20(25(23,24)14-6-4-3-5-12(14)16)9-11(2)21(10)15(22)13-7-17-19-18-13/h3-7,10-11H,8-9H2,1-2H3,(H,17,18,19)/t10-,11+. The Morgan fingerprint density at radius 1 is 1.24 bits per heavy atom. The predicted molar refractivity (Wildman–Crippen MR) is 91.7 cm³/mol. The Morgan fingerprint density at radius 3 is 2.44 bits per heavy atom. The van der Waals surface area contributed by atoms with Crippen LogP contribution in [0.4, 0.5) is 0 Å². The second-order valence-electron chi connectivity index (χ2n) is 6.02. The van der Waals surface area contributed by atoms with Gasteiger partial charge in [0.2, 0.25) is 10.0 Å². The third kappa shape index (κ3) is 3.26. The lowest BCUT2D eigenvalue weighted by Crippen LogP contribution is -2.59. The van der Waals surface area contributed by atoms with Crippen molar-refractivity contribution >= 4 is 27.5 Å². The highest BCUT2D eigenvalue weighted by Gasteiger charge is 2.39. The van der Waals surface area contributed by atoms with Crippen molar-refractivity contribution in [1.82, 2.24) is 24.6 Å². The van der Waals surface area contributed by atoms with Crippen LogP contribution in [-0.4, -0.2) is 64.1 Å². The molecule has 10 heteroatoms. The van der Waals surface area contributed by atoms with Gasteiger partial charge in [-0.05, 0) is 26.0 Å². The smallest absolute Gasteiger partial charge is 0.276 e. The lowest BCUT2D eigenvalue weighted by atomic mass is 10.1. The van der Waals surface area contributed by atoms with E-state index in [1.54, 1.807) is 23.1 Å². The Labute approximate surface area is 150 Å². The van der Waals surface area contributed by atoms with Crippen molar-refractivity contribution in [2.24, 2.45) is 0 Å². The molecule has 1 fully saturated rings. The molecule has 0 unspecified atom stereocenters. The molecule has 0 radical (unpaired) electrons. The van der Waals surface area contributed by atoms with E-state index in [1.165, 1.54) is 16.6 Å². The van der Waals surface area contributed by atoms with Crippen LogP contribution in [-0.2, 0) is 10.0 Å². The Kier molecular flexibility index (Phi) is 4.81. The number of carbonyl (C=O) groups excluding carboxylic acids is 1. The summed E-state index contributed by atoms with van der Waals surface area (Å²) in [7, 11) is -3.73. The average Bonchev–Trinajstić information content (AvgIpc) is 3.08. The molecular formula is C15H18ClN5O3S. The summed E-state index contributed by atoms with van der Waals surface area (Å²) in [6.07, 6.45) is 1.36. The van der Waals surface area contributed by atoms with Crippen LogP contribution in [0.15, 0.2) is 35.4 Å². The average molecular weight is 384 g/mol. The number of amides is 1. The maximum Gasteiger partial charge on any atom is 0.276 e. The first-order valence-corrected chi connectivity index (χ1v) is 9.57. The number of aromatic nitrogens is 3.